The van der Waals surface area contributed by atoms with Gasteiger partial charge in [-0.3, -0.25) is 0 Å². The first kappa shape index (κ1) is 20.6. The van der Waals surface area contributed by atoms with Crippen molar-refractivity contribution in [1.82, 2.24) is 25.0 Å². The molecule has 4 aromatic rings. The summed E-state index contributed by atoms with van der Waals surface area (Å²) in [6.45, 7) is 13.9. The van der Waals surface area contributed by atoms with E-state index in [4.69, 9.17) is 9.51 Å². The zero-order valence-corrected chi connectivity index (χ0v) is 19.1. The molecule has 1 aliphatic rings. The maximum Gasteiger partial charge on any atom is 0.228 e. The number of nitrogens with zero attached hydrogens (tertiary/aromatic N) is 6. The molecule has 1 saturated heterocycles. The number of piperazine rings is 1. The number of aryl methyl sites for hydroxylation is 1. The van der Waals surface area contributed by atoms with Crippen LogP contribution in [-0.2, 0) is 0 Å². The van der Waals surface area contributed by atoms with Crippen LogP contribution in [0.15, 0.2) is 35.1 Å². The van der Waals surface area contributed by atoms with Crippen LogP contribution in [0.4, 0.5) is 17.5 Å². The number of rotatable bonds is 5. The summed E-state index contributed by atoms with van der Waals surface area (Å²) in [7, 11) is 0. The highest BCUT2D eigenvalue weighted by Gasteiger charge is 2.19. The van der Waals surface area contributed by atoms with Gasteiger partial charge >= 0.3 is 0 Å². The van der Waals surface area contributed by atoms with Crippen molar-refractivity contribution in [3.63, 3.8) is 0 Å². The zero-order chi connectivity index (χ0) is 22.2. The van der Waals surface area contributed by atoms with Gasteiger partial charge in [0.15, 0.2) is 5.58 Å². The minimum Gasteiger partial charge on any atom is -0.368 e. The zero-order valence-electron chi connectivity index (χ0n) is 19.1. The quantitative estimate of drug-likeness (QED) is 0.495. The van der Waals surface area contributed by atoms with Crippen molar-refractivity contribution in [3.8, 4) is 0 Å². The highest BCUT2D eigenvalue weighted by atomic mass is 16.5. The predicted molar refractivity (Wildman–Crippen MR) is 128 cm³/mol. The van der Waals surface area contributed by atoms with Crippen molar-refractivity contribution in [1.29, 1.82) is 0 Å². The standard InChI is InChI=1S/C24H29N7O/c1-5-30-8-10-31(11-9-30)18-14-25-20(12-16(18)4)27-24-26-13-17-6-7-19-21(23(17)28-24)22(15(2)3)29-32-19/h6-7,12-15H,5,8-11H2,1-4H3,(H,25,26,27,28). The number of benzene rings is 1. The Hall–Kier alpha value is -3.26. The van der Waals surface area contributed by atoms with Crippen molar-refractivity contribution < 1.29 is 4.52 Å². The van der Waals surface area contributed by atoms with Gasteiger partial charge in [-0.25, -0.2) is 15.0 Å². The molecule has 4 heterocycles. The summed E-state index contributed by atoms with van der Waals surface area (Å²) in [5.74, 6) is 1.49. The third-order valence-corrected chi connectivity index (χ3v) is 6.24. The van der Waals surface area contributed by atoms with Crippen LogP contribution >= 0.6 is 0 Å². The van der Waals surface area contributed by atoms with Gasteiger partial charge in [0.1, 0.15) is 5.82 Å². The molecule has 1 aromatic carbocycles. The largest absolute Gasteiger partial charge is 0.368 e. The van der Waals surface area contributed by atoms with Gasteiger partial charge in [0.05, 0.1) is 28.5 Å². The smallest absolute Gasteiger partial charge is 0.228 e. The van der Waals surface area contributed by atoms with E-state index in [1.165, 1.54) is 11.3 Å². The van der Waals surface area contributed by atoms with Gasteiger partial charge in [-0.05, 0) is 43.1 Å². The lowest BCUT2D eigenvalue weighted by molar-refractivity contribution is 0.271. The Labute approximate surface area is 187 Å². The minimum absolute atomic E-state index is 0.240. The number of nitrogens with one attached hydrogen (secondary N) is 1. The van der Waals surface area contributed by atoms with Crippen LogP contribution in [0.25, 0.3) is 21.9 Å². The van der Waals surface area contributed by atoms with Crippen LogP contribution in [0.2, 0.25) is 0 Å². The van der Waals surface area contributed by atoms with Gasteiger partial charge in [0, 0.05) is 37.8 Å². The number of pyridine rings is 1. The molecular weight excluding hydrogens is 402 g/mol. The van der Waals surface area contributed by atoms with E-state index in [9.17, 15) is 0 Å². The molecule has 0 radical (unpaired) electrons. The van der Waals surface area contributed by atoms with E-state index in [-0.39, 0.29) is 5.92 Å². The van der Waals surface area contributed by atoms with E-state index in [0.29, 0.717) is 5.95 Å². The van der Waals surface area contributed by atoms with Crippen LogP contribution in [0.1, 0.15) is 37.9 Å². The minimum atomic E-state index is 0.240. The first-order valence-corrected chi connectivity index (χ1v) is 11.3. The molecule has 0 saturated carbocycles. The molecule has 0 atom stereocenters. The normalized spacial score (nSPS) is 15.2. The second-order valence-electron chi connectivity index (χ2n) is 8.69. The van der Waals surface area contributed by atoms with Crippen molar-refractivity contribution >= 4 is 39.3 Å². The molecule has 8 heteroatoms. The molecule has 1 N–H and O–H groups in total. The monoisotopic (exact) mass is 431 g/mol. The third-order valence-electron chi connectivity index (χ3n) is 6.24. The number of anilines is 3. The fourth-order valence-electron chi connectivity index (χ4n) is 4.37. The third kappa shape index (κ3) is 3.75. The van der Waals surface area contributed by atoms with Crippen molar-refractivity contribution in [3.05, 3.63) is 41.9 Å². The maximum atomic E-state index is 5.53. The Kier molecular flexibility index (Phi) is 5.38. The fourth-order valence-corrected chi connectivity index (χ4v) is 4.37. The van der Waals surface area contributed by atoms with Crippen LogP contribution in [-0.4, -0.2) is 57.7 Å². The first-order chi connectivity index (χ1) is 15.5. The van der Waals surface area contributed by atoms with Gasteiger partial charge in [0.25, 0.3) is 0 Å². The highest BCUT2D eigenvalue weighted by Crippen LogP contribution is 2.31. The molecule has 0 bridgehead atoms. The SMILES string of the molecule is CCN1CCN(c2cnc(Nc3ncc4ccc5onc(C(C)C)c5c4n3)cc2C)CC1. The molecular formula is C24H29N7O. The van der Waals surface area contributed by atoms with Gasteiger partial charge in [-0.2, -0.15) is 0 Å². The first-order valence-electron chi connectivity index (χ1n) is 11.3. The number of hydrogen-bond acceptors (Lipinski definition) is 8. The van der Waals surface area contributed by atoms with E-state index in [1.54, 1.807) is 0 Å². The number of likely N-dealkylation sites (N-methyl/N-ethyl adjacent to an activating group) is 1. The topological polar surface area (TPSA) is 83.2 Å². The number of hydrogen-bond donors (Lipinski definition) is 1. The molecule has 0 unspecified atom stereocenters. The Morgan fingerprint density at radius 2 is 1.91 bits per heavy atom. The van der Waals surface area contributed by atoms with Gasteiger partial charge in [-0.1, -0.05) is 25.9 Å². The second-order valence-corrected chi connectivity index (χ2v) is 8.69. The summed E-state index contributed by atoms with van der Waals surface area (Å²) >= 11 is 0. The lowest BCUT2D eigenvalue weighted by atomic mass is 10.0. The summed E-state index contributed by atoms with van der Waals surface area (Å²) in [5.41, 5.74) is 4.88. The molecule has 166 valence electrons. The van der Waals surface area contributed by atoms with Crippen LogP contribution in [0.5, 0.6) is 0 Å². The van der Waals surface area contributed by atoms with E-state index < -0.39 is 0 Å². The summed E-state index contributed by atoms with van der Waals surface area (Å²) < 4.78 is 5.53. The van der Waals surface area contributed by atoms with Crippen LogP contribution in [0.3, 0.4) is 0 Å². The van der Waals surface area contributed by atoms with E-state index in [0.717, 1.165) is 66.1 Å². The fraction of sp³-hybridized carbons (Fsp3) is 0.417. The number of aromatic nitrogens is 4. The summed E-state index contributed by atoms with van der Waals surface area (Å²) in [6, 6.07) is 5.96. The lowest BCUT2D eigenvalue weighted by Crippen LogP contribution is -2.46. The Bertz CT molecular complexity index is 1260. The van der Waals surface area contributed by atoms with Gasteiger partial charge in [0.2, 0.25) is 5.95 Å². The average molecular weight is 432 g/mol. The highest BCUT2D eigenvalue weighted by molar-refractivity contribution is 6.04. The Morgan fingerprint density at radius 1 is 1.09 bits per heavy atom. The molecule has 3 aromatic heterocycles. The van der Waals surface area contributed by atoms with Crippen molar-refractivity contribution in [2.45, 2.75) is 33.6 Å². The molecule has 1 fully saturated rings. The molecule has 32 heavy (non-hydrogen) atoms. The molecule has 8 nitrogen and oxygen atoms in total. The van der Waals surface area contributed by atoms with Gasteiger partial charge in [-0.15, -0.1) is 0 Å². The molecule has 0 aliphatic carbocycles. The molecule has 1 aliphatic heterocycles. The molecule has 0 amide bonds. The molecule has 5 rings (SSSR count). The Balaban J connectivity index is 1.42. The lowest BCUT2D eigenvalue weighted by Gasteiger charge is -2.36. The van der Waals surface area contributed by atoms with E-state index >= 15 is 0 Å². The van der Waals surface area contributed by atoms with Crippen molar-refractivity contribution in [2.24, 2.45) is 0 Å². The summed E-state index contributed by atoms with van der Waals surface area (Å²) in [5, 5.41) is 9.45. The Morgan fingerprint density at radius 3 is 2.62 bits per heavy atom. The van der Waals surface area contributed by atoms with E-state index in [1.807, 2.05) is 24.5 Å². The average Bonchev–Trinajstić information content (AvgIpc) is 3.24. The van der Waals surface area contributed by atoms with Crippen LogP contribution in [0, 0.1) is 6.92 Å². The second kappa shape index (κ2) is 8.35. The molecule has 0 spiro atoms. The van der Waals surface area contributed by atoms with Gasteiger partial charge < -0.3 is 19.6 Å². The number of fused-ring (bicyclic) bond motifs is 3. The van der Waals surface area contributed by atoms with Crippen LogP contribution < -0.4 is 10.2 Å². The van der Waals surface area contributed by atoms with Crippen molar-refractivity contribution in [2.75, 3.05) is 42.9 Å². The summed E-state index contributed by atoms with van der Waals surface area (Å²) in [6.07, 6.45) is 3.78. The van der Waals surface area contributed by atoms with E-state index in [2.05, 4.69) is 64.0 Å². The summed E-state index contributed by atoms with van der Waals surface area (Å²) in [4.78, 5) is 18.8. The maximum absolute atomic E-state index is 5.53. The predicted octanol–water partition coefficient (Wildman–Crippen LogP) is 4.48.